The summed E-state index contributed by atoms with van der Waals surface area (Å²) in [6.45, 7) is -0.234. The summed E-state index contributed by atoms with van der Waals surface area (Å²) in [6, 6.07) is 14.1. The normalized spacial score (nSPS) is 10.0. The zero-order chi connectivity index (χ0) is 15.1. The van der Waals surface area contributed by atoms with Gasteiger partial charge in [-0.1, -0.05) is 18.2 Å². The third-order valence-electron chi connectivity index (χ3n) is 2.89. The number of aliphatic hydroxyl groups excluding tert-OH is 1. The van der Waals surface area contributed by atoms with Crippen LogP contribution in [-0.2, 0) is 11.4 Å². The fourth-order valence-electron chi connectivity index (χ4n) is 1.79. The van der Waals surface area contributed by atoms with Crippen LogP contribution in [0.15, 0.2) is 48.5 Å². The molecule has 0 bridgehead atoms. The summed E-state index contributed by atoms with van der Waals surface area (Å²) in [5.74, 6) is 1.02. The molecule has 21 heavy (non-hydrogen) atoms. The molecule has 1 amide bonds. The molecule has 0 saturated carbocycles. The zero-order valence-corrected chi connectivity index (χ0v) is 11.7. The van der Waals surface area contributed by atoms with E-state index in [1.807, 2.05) is 0 Å². The molecule has 110 valence electrons. The van der Waals surface area contributed by atoms with E-state index in [9.17, 15) is 9.90 Å². The van der Waals surface area contributed by atoms with Gasteiger partial charge in [-0.15, -0.1) is 0 Å². The molecule has 0 aliphatic carbocycles. The number of amides is 1. The van der Waals surface area contributed by atoms with E-state index in [0.717, 1.165) is 5.75 Å². The number of para-hydroxylation sites is 1. The lowest BCUT2D eigenvalue weighted by atomic mass is 10.2. The summed E-state index contributed by atoms with van der Waals surface area (Å²) in [7, 11) is 1.59. The highest BCUT2D eigenvalue weighted by atomic mass is 16.5. The molecule has 0 radical (unpaired) electrons. The Morgan fingerprint density at radius 2 is 1.76 bits per heavy atom. The largest absolute Gasteiger partial charge is 0.497 e. The summed E-state index contributed by atoms with van der Waals surface area (Å²) in [4.78, 5) is 11.8. The number of carbonyl (C=O) groups excluding carboxylic acids is 1. The predicted octanol–water partition coefficient (Wildman–Crippen LogP) is 2.21. The van der Waals surface area contributed by atoms with Gasteiger partial charge in [-0.2, -0.15) is 0 Å². The maximum Gasteiger partial charge on any atom is 0.262 e. The van der Waals surface area contributed by atoms with Crippen LogP contribution >= 0.6 is 0 Å². The minimum absolute atomic E-state index is 0.105. The molecular weight excluding hydrogens is 270 g/mol. The molecule has 2 rings (SSSR count). The number of hydrogen-bond donors (Lipinski definition) is 2. The molecule has 0 aliphatic heterocycles. The van der Waals surface area contributed by atoms with Crippen LogP contribution in [0, 0.1) is 0 Å². The van der Waals surface area contributed by atoms with Gasteiger partial charge in [0.25, 0.3) is 5.91 Å². The van der Waals surface area contributed by atoms with Gasteiger partial charge in [-0.05, 0) is 30.3 Å². The Morgan fingerprint density at radius 1 is 1.10 bits per heavy atom. The van der Waals surface area contributed by atoms with Crippen LogP contribution in [-0.4, -0.2) is 24.7 Å². The van der Waals surface area contributed by atoms with Gasteiger partial charge in [-0.3, -0.25) is 4.79 Å². The van der Waals surface area contributed by atoms with Crippen molar-refractivity contribution in [3.05, 3.63) is 54.1 Å². The van der Waals surface area contributed by atoms with Crippen LogP contribution in [0.2, 0.25) is 0 Å². The monoisotopic (exact) mass is 287 g/mol. The number of ether oxygens (including phenoxy) is 2. The topological polar surface area (TPSA) is 67.8 Å². The van der Waals surface area contributed by atoms with Gasteiger partial charge in [0, 0.05) is 11.3 Å². The Balaban J connectivity index is 1.89. The second-order valence-corrected chi connectivity index (χ2v) is 4.33. The van der Waals surface area contributed by atoms with Crippen LogP contribution in [0.4, 0.5) is 5.69 Å². The Kier molecular flexibility index (Phi) is 5.17. The molecule has 2 aromatic rings. The molecule has 0 unspecified atom stereocenters. The molecule has 2 aromatic carbocycles. The minimum atomic E-state index is -0.285. The molecule has 5 nitrogen and oxygen atoms in total. The van der Waals surface area contributed by atoms with Gasteiger partial charge < -0.3 is 19.9 Å². The molecule has 0 spiro atoms. The van der Waals surface area contributed by atoms with Crippen molar-refractivity contribution in [1.29, 1.82) is 0 Å². The smallest absolute Gasteiger partial charge is 0.262 e. The first-order valence-corrected chi connectivity index (χ1v) is 6.48. The van der Waals surface area contributed by atoms with Crippen molar-refractivity contribution in [3.8, 4) is 11.5 Å². The van der Waals surface area contributed by atoms with Crippen molar-refractivity contribution >= 4 is 11.6 Å². The second-order valence-electron chi connectivity index (χ2n) is 4.33. The molecule has 5 heteroatoms. The number of hydrogen-bond acceptors (Lipinski definition) is 4. The number of nitrogens with one attached hydrogen (secondary N) is 1. The Bertz CT molecular complexity index is 595. The van der Waals surface area contributed by atoms with Gasteiger partial charge in [0.2, 0.25) is 0 Å². The van der Waals surface area contributed by atoms with Crippen LogP contribution < -0.4 is 14.8 Å². The highest BCUT2D eigenvalue weighted by molar-refractivity contribution is 5.92. The Labute approximate surface area is 123 Å². The summed E-state index contributed by atoms with van der Waals surface area (Å²) >= 11 is 0. The summed E-state index contributed by atoms with van der Waals surface area (Å²) in [5.41, 5.74) is 1.25. The lowest BCUT2D eigenvalue weighted by Gasteiger charge is -2.10. The lowest BCUT2D eigenvalue weighted by molar-refractivity contribution is -0.118. The van der Waals surface area contributed by atoms with E-state index < -0.39 is 0 Å². The highest BCUT2D eigenvalue weighted by Gasteiger charge is 2.07. The third kappa shape index (κ3) is 4.22. The summed E-state index contributed by atoms with van der Waals surface area (Å²) in [5, 5.41) is 11.9. The van der Waals surface area contributed by atoms with Gasteiger partial charge in [0.15, 0.2) is 6.61 Å². The van der Waals surface area contributed by atoms with E-state index in [1.165, 1.54) is 0 Å². The van der Waals surface area contributed by atoms with Gasteiger partial charge >= 0.3 is 0 Å². The molecule has 0 atom stereocenters. The van der Waals surface area contributed by atoms with E-state index in [1.54, 1.807) is 55.6 Å². The number of aliphatic hydroxyl groups is 1. The van der Waals surface area contributed by atoms with Crippen LogP contribution in [0.25, 0.3) is 0 Å². The van der Waals surface area contributed by atoms with Crippen molar-refractivity contribution < 1.29 is 19.4 Å². The molecule has 0 saturated heterocycles. The molecular formula is C16H17NO4. The fraction of sp³-hybridized carbons (Fsp3) is 0.188. The summed E-state index contributed by atoms with van der Waals surface area (Å²) in [6.07, 6.45) is 0. The lowest BCUT2D eigenvalue weighted by Crippen LogP contribution is -2.20. The van der Waals surface area contributed by atoms with E-state index in [4.69, 9.17) is 9.47 Å². The quantitative estimate of drug-likeness (QED) is 0.854. The average Bonchev–Trinajstić information content (AvgIpc) is 2.54. The summed E-state index contributed by atoms with van der Waals surface area (Å²) < 4.78 is 10.4. The average molecular weight is 287 g/mol. The number of rotatable bonds is 6. The van der Waals surface area contributed by atoms with Crippen molar-refractivity contribution in [3.63, 3.8) is 0 Å². The van der Waals surface area contributed by atoms with Crippen molar-refractivity contribution in [2.45, 2.75) is 6.61 Å². The minimum Gasteiger partial charge on any atom is -0.497 e. The number of benzene rings is 2. The molecule has 2 N–H and O–H groups in total. The molecule has 0 aromatic heterocycles. The third-order valence-corrected chi connectivity index (χ3v) is 2.89. The van der Waals surface area contributed by atoms with Crippen LogP contribution in [0.1, 0.15) is 5.56 Å². The van der Waals surface area contributed by atoms with Gasteiger partial charge in [-0.25, -0.2) is 0 Å². The van der Waals surface area contributed by atoms with Crippen LogP contribution in [0.5, 0.6) is 11.5 Å². The molecule has 0 fully saturated rings. The fourth-order valence-corrected chi connectivity index (χ4v) is 1.79. The maximum absolute atomic E-state index is 11.8. The van der Waals surface area contributed by atoms with Crippen molar-refractivity contribution in [1.82, 2.24) is 0 Å². The van der Waals surface area contributed by atoms with E-state index >= 15 is 0 Å². The second kappa shape index (κ2) is 7.31. The standard InChI is InChI=1S/C16H17NO4/c1-20-13-6-8-14(9-7-13)21-11-16(19)17-15-5-3-2-4-12(15)10-18/h2-9,18H,10-11H2,1H3,(H,17,19). The van der Waals surface area contributed by atoms with E-state index in [2.05, 4.69) is 5.32 Å². The van der Waals surface area contributed by atoms with Gasteiger partial charge in [0.05, 0.1) is 13.7 Å². The van der Waals surface area contributed by atoms with Crippen LogP contribution in [0.3, 0.4) is 0 Å². The number of carbonyl (C=O) groups is 1. The maximum atomic E-state index is 11.8. The van der Waals surface area contributed by atoms with Crippen molar-refractivity contribution in [2.24, 2.45) is 0 Å². The molecule has 0 aliphatic rings. The molecule has 0 heterocycles. The first kappa shape index (κ1) is 14.9. The highest BCUT2D eigenvalue weighted by Crippen LogP contribution is 2.17. The van der Waals surface area contributed by atoms with E-state index in [-0.39, 0.29) is 19.1 Å². The first-order chi connectivity index (χ1) is 10.2. The zero-order valence-electron chi connectivity index (χ0n) is 11.7. The number of methoxy groups -OCH3 is 1. The Morgan fingerprint density at radius 3 is 2.43 bits per heavy atom. The Hall–Kier alpha value is -2.53. The SMILES string of the molecule is COc1ccc(OCC(=O)Nc2ccccc2CO)cc1. The predicted molar refractivity (Wildman–Crippen MR) is 79.5 cm³/mol. The van der Waals surface area contributed by atoms with Crippen molar-refractivity contribution in [2.75, 3.05) is 19.0 Å². The van der Waals surface area contributed by atoms with E-state index in [0.29, 0.717) is 17.0 Å². The first-order valence-electron chi connectivity index (χ1n) is 6.48. The van der Waals surface area contributed by atoms with Gasteiger partial charge in [0.1, 0.15) is 11.5 Å². The number of anilines is 1.